The smallest absolute Gasteiger partial charge is 0.418 e. The van der Waals surface area contributed by atoms with Gasteiger partial charge in [0, 0.05) is 15.5 Å². The Morgan fingerprint density at radius 3 is 0.902 bits per heavy atom. The van der Waals surface area contributed by atoms with Crippen molar-refractivity contribution < 1.29 is 38.1 Å². The van der Waals surface area contributed by atoms with Gasteiger partial charge in [0.1, 0.15) is 23.0 Å². The van der Waals surface area contributed by atoms with Gasteiger partial charge in [-0.25, -0.2) is 19.2 Å². The average molecular weight is 593 g/mol. The first-order valence-electron chi connectivity index (χ1n) is 12.1. The van der Waals surface area contributed by atoms with Gasteiger partial charge in [-0.2, -0.15) is 0 Å². The number of esters is 4. The van der Waals surface area contributed by atoms with Crippen molar-refractivity contribution in [2.75, 3.05) is 0 Å². The SMILES string of the molecule is CC(C)(c1ccc(OC(=O)C(=O)Oc2ccc(Cl)cc2)cc1)c1ccc(OC(=O)C(=O)Oc2ccc(Cl)cc2)cc1. The summed E-state index contributed by atoms with van der Waals surface area (Å²) in [5.41, 5.74) is 1.24. The second-order valence-corrected chi connectivity index (χ2v) is 10.0. The molecule has 0 bridgehead atoms. The number of halogens is 2. The van der Waals surface area contributed by atoms with E-state index in [0.717, 1.165) is 11.1 Å². The molecule has 0 N–H and O–H groups in total. The molecule has 0 saturated carbocycles. The lowest BCUT2D eigenvalue weighted by atomic mass is 9.78. The molecule has 0 heterocycles. The Kier molecular flexibility index (Phi) is 9.07. The van der Waals surface area contributed by atoms with Crippen LogP contribution in [0, 0.1) is 0 Å². The van der Waals surface area contributed by atoms with Crippen LogP contribution in [0.4, 0.5) is 0 Å². The molecule has 4 aromatic carbocycles. The normalized spacial score (nSPS) is 10.8. The maximum Gasteiger partial charge on any atom is 0.423 e. The summed E-state index contributed by atoms with van der Waals surface area (Å²) >= 11 is 11.6. The van der Waals surface area contributed by atoms with Crippen LogP contribution in [0.3, 0.4) is 0 Å². The van der Waals surface area contributed by atoms with Crippen LogP contribution in [0.25, 0.3) is 0 Å². The maximum absolute atomic E-state index is 12.1. The highest BCUT2D eigenvalue weighted by Gasteiger charge is 2.25. The van der Waals surface area contributed by atoms with Crippen molar-refractivity contribution in [1.29, 1.82) is 0 Å². The van der Waals surface area contributed by atoms with Gasteiger partial charge in [-0.3, -0.25) is 0 Å². The van der Waals surface area contributed by atoms with Crippen molar-refractivity contribution in [3.8, 4) is 23.0 Å². The molecular formula is C31H22Cl2O8. The second-order valence-electron chi connectivity index (χ2n) is 9.14. The van der Waals surface area contributed by atoms with Crippen LogP contribution in [-0.4, -0.2) is 23.9 Å². The van der Waals surface area contributed by atoms with Crippen molar-refractivity contribution in [3.05, 3.63) is 118 Å². The third kappa shape index (κ3) is 7.72. The van der Waals surface area contributed by atoms with Crippen LogP contribution >= 0.6 is 23.2 Å². The monoisotopic (exact) mass is 592 g/mol. The number of carbonyl (C=O) groups excluding carboxylic acids is 4. The average Bonchev–Trinajstić information content (AvgIpc) is 2.96. The molecule has 41 heavy (non-hydrogen) atoms. The van der Waals surface area contributed by atoms with E-state index in [9.17, 15) is 19.2 Å². The van der Waals surface area contributed by atoms with Crippen molar-refractivity contribution in [2.24, 2.45) is 0 Å². The zero-order valence-corrected chi connectivity index (χ0v) is 23.3. The molecule has 0 unspecified atom stereocenters. The topological polar surface area (TPSA) is 105 Å². The molecule has 4 rings (SSSR count). The Balaban J connectivity index is 1.34. The molecule has 10 heteroatoms. The lowest BCUT2D eigenvalue weighted by molar-refractivity contribution is -0.156. The molecular weight excluding hydrogens is 571 g/mol. The fourth-order valence-electron chi connectivity index (χ4n) is 3.65. The summed E-state index contributed by atoms with van der Waals surface area (Å²) < 4.78 is 20.2. The molecule has 0 fully saturated rings. The van der Waals surface area contributed by atoms with Gasteiger partial charge < -0.3 is 18.9 Å². The number of hydrogen-bond acceptors (Lipinski definition) is 8. The van der Waals surface area contributed by atoms with Gasteiger partial charge in [0.05, 0.1) is 0 Å². The summed E-state index contributed by atoms with van der Waals surface area (Å²) in [5.74, 6) is -4.04. The van der Waals surface area contributed by atoms with Crippen molar-refractivity contribution in [2.45, 2.75) is 19.3 Å². The summed E-state index contributed by atoms with van der Waals surface area (Å²) in [6.45, 7) is 3.95. The van der Waals surface area contributed by atoms with Gasteiger partial charge in [0.25, 0.3) is 0 Å². The van der Waals surface area contributed by atoms with Crippen LogP contribution in [0.5, 0.6) is 23.0 Å². The van der Waals surface area contributed by atoms with Gasteiger partial charge in [0.15, 0.2) is 0 Å². The molecule has 0 radical (unpaired) electrons. The number of ether oxygens (including phenoxy) is 4. The van der Waals surface area contributed by atoms with Gasteiger partial charge >= 0.3 is 23.9 Å². The molecule has 0 aliphatic rings. The Labute approximate surface area is 245 Å². The number of rotatable bonds is 6. The van der Waals surface area contributed by atoms with E-state index in [2.05, 4.69) is 0 Å². The van der Waals surface area contributed by atoms with Crippen molar-refractivity contribution in [3.63, 3.8) is 0 Å². The summed E-state index contributed by atoms with van der Waals surface area (Å²) in [6.07, 6.45) is 0. The molecule has 0 spiro atoms. The van der Waals surface area contributed by atoms with Crippen LogP contribution < -0.4 is 18.9 Å². The largest absolute Gasteiger partial charge is 0.423 e. The fraction of sp³-hybridized carbons (Fsp3) is 0.0968. The molecule has 4 aromatic rings. The first-order chi connectivity index (χ1) is 19.5. The molecule has 0 aliphatic heterocycles. The van der Waals surface area contributed by atoms with Crippen molar-refractivity contribution >= 4 is 47.1 Å². The van der Waals surface area contributed by atoms with E-state index >= 15 is 0 Å². The third-order valence-corrected chi connectivity index (χ3v) is 6.46. The summed E-state index contributed by atoms with van der Waals surface area (Å²) in [4.78, 5) is 48.4. The minimum Gasteiger partial charge on any atom is -0.418 e. The van der Waals surface area contributed by atoms with Crippen LogP contribution in [0.1, 0.15) is 25.0 Å². The Bertz CT molecular complexity index is 1440. The highest BCUT2D eigenvalue weighted by molar-refractivity contribution is 6.32. The highest BCUT2D eigenvalue weighted by Crippen LogP contribution is 2.33. The first kappa shape index (κ1) is 29.3. The Morgan fingerprint density at radius 1 is 0.439 bits per heavy atom. The van der Waals surface area contributed by atoms with Crippen LogP contribution in [-0.2, 0) is 24.6 Å². The zero-order chi connectivity index (χ0) is 29.6. The quantitative estimate of drug-likeness (QED) is 0.145. The standard InChI is InChI=1S/C31H22Cl2O8/c1-31(2,19-3-11-23(12-4-19)38-27(34)29(36)40-25-15-7-21(32)8-16-25)20-5-13-24(14-6-20)39-28(35)30(37)41-26-17-9-22(33)10-18-26/h3-18H,1-2H3. The molecule has 8 nitrogen and oxygen atoms in total. The lowest BCUT2D eigenvalue weighted by Gasteiger charge is -2.26. The third-order valence-electron chi connectivity index (χ3n) is 5.95. The second kappa shape index (κ2) is 12.7. The Morgan fingerprint density at radius 2 is 0.659 bits per heavy atom. The minimum atomic E-state index is -1.17. The van der Waals surface area contributed by atoms with E-state index in [4.69, 9.17) is 42.1 Å². The predicted molar refractivity (Wildman–Crippen MR) is 150 cm³/mol. The summed E-state index contributed by atoms with van der Waals surface area (Å²) in [7, 11) is 0. The summed E-state index contributed by atoms with van der Waals surface area (Å²) in [6, 6.07) is 25.2. The molecule has 0 amide bonds. The predicted octanol–water partition coefficient (Wildman–Crippen LogP) is 6.34. The molecule has 0 saturated heterocycles. The van der Waals surface area contributed by atoms with Gasteiger partial charge in [-0.1, -0.05) is 61.3 Å². The highest BCUT2D eigenvalue weighted by atomic mass is 35.5. The number of hydrogen-bond donors (Lipinski definition) is 0. The van der Waals surface area contributed by atoms with Gasteiger partial charge in [0.2, 0.25) is 0 Å². The molecule has 208 valence electrons. The molecule has 0 atom stereocenters. The van der Waals surface area contributed by atoms with E-state index in [-0.39, 0.29) is 23.0 Å². The number of benzene rings is 4. The summed E-state index contributed by atoms with van der Waals surface area (Å²) in [5, 5.41) is 0.921. The van der Waals surface area contributed by atoms with E-state index < -0.39 is 29.3 Å². The maximum atomic E-state index is 12.1. The number of carbonyl (C=O) groups is 4. The van der Waals surface area contributed by atoms with E-state index in [1.165, 1.54) is 48.5 Å². The first-order valence-corrected chi connectivity index (χ1v) is 12.9. The Hall–Kier alpha value is -4.66. The van der Waals surface area contributed by atoms with E-state index in [1.54, 1.807) is 48.5 Å². The lowest BCUT2D eigenvalue weighted by Crippen LogP contribution is -2.25. The van der Waals surface area contributed by atoms with Crippen molar-refractivity contribution in [1.82, 2.24) is 0 Å². The minimum absolute atomic E-state index is 0.159. The van der Waals surface area contributed by atoms with Gasteiger partial charge in [-0.05, 0) is 83.9 Å². The van der Waals surface area contributed by atoms with Crippen LogP contribution in [0.15, 0.2) is 97.1 Å². The molecule has 0 aliphatic carbocycles. The van der Waals surface area contributed by atoms with Crippen LogP contribution in [0.2, 0.25) is 10.0 Å². The van der Waals surface area contributed by atoms with Gasteiger partial charge in [-0.15, -0.1) is 0 Å². The fourth-order valence-corrected chi connectivity index (χ4v) is 3.90. The van der Waals surface area contributed by atoms with E-state index in [1.807, 2.05) is 13.8 Å². The zero-order valence-electron chi connectivity index (χ0n) is 21.8. The molecule has 0 aromatic heterocycles. The van der Waals surface area contributed by atoms with E-state index in [0.29, 0.717) is 10.0 Å².